The van der Waals surface area contributed by atoms with Crippen molar-refractivity contribution in [3.05, 3.63) is 39.6 Å². The zero-order chi connectivity index (χ0) is 17.3. The van der Waals surface area contributed by atoms with E-state index in [2.05, 4.69) is 11.9 Å². The zero-order valence-electron chi connectivity index (χ0n) is 14.3. The number of rotatable bonds is 5. The van der Waals surface area contributed by atoms with E-state index in [1.165, 1.54) is 19.3 Å². The highest BCUT2D eigenvalue weighted by atomic mass is 35.5. The van der Waals surface area contributed by atoms with Gasteiger partial charge >= 0.3 is 0 Å². The van der Waals surface area contributed by atoms with Crippen molar-refractivity contribution >= 4 is 23.2 Å². The molecule has 3 nitrogen and oxygen atoms in total. The Morgan fingerprint density at radius 1 is 1.17 bits per heavy atom. The fourth-order valence-electron chi connectivity index (χ4n) is 3.10. The molecule has 1 aromatic carbocycles. The lowest BCUT2D eigenvalue weighted by molar-refractivity contribution is 0.0755. The van der Waals surface area contributed by atoms with Gasteiger partial charge in [-0.1, -0.05) is 36.5 Å². The van der Waals surface area contributed by atoms with Crippen LogP contribution in [0.2, 0.25) is 10.0 Å². The monoisotopic (exact) mass is 364 g/mol. The number of aromatic nitrogens is 2. The molecule has 1 heterocycles. The van der Waals surface area contributed by atoms with Crippen molar-refractivity contribution in [2.45, 2.75) is 52.6 Å². The first-order chi connectivity index (χ1) is 11.5. The quantitative estimate of drug-likeness (QED) is 0.649. The first-order valence-electron chi connectivity index (χ1n) is 8.47. The van der Waals surface area contributed by atoms with E-state index in [9.17, 15) is 0 Å². The van der Waals surface area contributed by atoms with Gasteiger partial charge in [0.15, 0.2) is 0 Å². The summed E-state index contributed by atoms with van der Waals surface area (Å²) in [4.78, 5) is 9.37. The number of ether oxygens (including phenoxy) is 1. The second-order valence-electron chi connectivity index (χ2n) is 6.43. The van der Waals surface area contributed by atoms with Crippen molar-refractivity contribution in [1.82, 2.24) is 9.97 Å². The smallest absolute Gasteiger partial charge is 0.235 e. The molecule has 1 aromatic heterocycles. The van der Waals surface area contributed by atoms with Gasteiger partial charge in [0.05, 0.1) is 16.4 Å². The molecule has 1 aliphatic carbocycles. The molecule has 0 bridgehead atoms. The van der Waals surface area contributed by atoms with Crippen LogP contribution in [0.25, 0.3) is 11.3 Å². The highest BCUT2D eigenvalue weighted by molar-refractivity contribution is 6.36. The number of hydrogen-bond donors (Lipinski definition) is 0. The molecule has 1 unspecified atom stereocenters. The molecule has 1 atom stereocenters. The van der Waals surface area contributed by atoms with Crippen LogP contribution < -0.4 is 4.74 Å². The Hall–Kier alpha value is -1.32. The molecule has 24 heavy (non-hydrogen) atoms. The van der Waals surface area contributed by atoms with Crippen LogP contribution in [0.15, 0.2) is 18.2 Å². The topological polar surface area (TPSA) is 35.0 Å². The molecule has 0 radical (unpaired) electrons. The molecule has 1 saturated carbocycles. The Kier molecular flexibility index (Phi) is 5.31. The largest absolute Gasteiger partial charge is 0.473 e. The fraction of sp³-hybridized carbons (Fsp3) is 0.474. The average Bonchev–Trinajstić information content (AvgIpc) is 2.48. The number of aryl methyl sites for hydroxylation is 2. The van der Waals surface area contributed by atoms with E-state index in [1.54, 1.807) is 6.07 Å². The molecule has 0 N–H and O–H groups in total. The molecule has 1 aliphatic rings. The average molecular weight is 365 g/mol. The minimum atomic E-state index is 0.233. The third-order valence-electron chi connectivity index (χ3n) is 4.73. The number of hydrogen-bond acceptors (Lipinski definition) is 3. The molecule has 3 rings (SSSR count). The summed E-state index contributed by atoms with van der Waals surface area (Å²) < 4.78 is 6.19. The van der Waals surface area contributed by atoms with Crippen molar-refractivity contribution in [2.24, 2.45) is 5.92 Å². The molecular weight excluding hydrogens is 343 g/mol. The van der Waals surface area contributed by atoms with E-state index >= 15 is 0 Å². The second-order valence-corrected chi connectivity index (χ2v) is 7.27. The zero-order valence-corrected chi connectivity index (χ0v) is 15.8. The lowest BCUT2D eigenvalue weighted by Gasteiger charge is -2.33. The maximum absolute atomic E-state index is 6.32. The Morgan fingerprint density at radius 2 is 1.92 bits per heavy atom. The van der Waals surface area contributed by atoms with Crippen LogP contribution in [0.1, 0.15) is 44.0 Å². The van der Waals surface area contributed by atoms with Gasteiger partial charge in [-0.25, -0.2) is 9.97 Å². The predicted molar refractivity (Wildman–Crippen MR) is 99.0 cm³/mol. The lowest BCUT2D eigenvalue weighted by Crippen LogP contribution is -2.32. The first-order valence-corrected chi connectivity index (χ1v) is 9.22. The summed E-state index contributed by atoms with van der Waals surface area (Å²) in [5.74, 6) is 1.29. The maximum Gasteiger partial charge on any atom is 0.235 e. The van der Waals surface area contributed by atoms with Crippen LogP contribution in [0.5, 0.6) is 5.88 Å². The standard InChI is InChI=1S/C19H22Cl2N2O/c1-4-17(13-6-5-7-13)24-19-12(3)22-18(11(2)23-19)15-9-8-14(20)10-16(15)21/h8-10,13,17H,4-7H2,1-3H3. The van der Waals surface area contributed by atoms with E-state index < -0.39 is 0 Å². The second kappa shape index (κ2) is 7.28. The van der Waals surface area contributed by atoms with Gasteiger partial charge in [-0.15, -0.1) is 0 Å². The van der Waals surface area contributed by atoms with Crippen LogP contribution in [0.4, 0.5) is 0 Å². The van der Waals surface area contributed by atoms with Crippen LogP contribution in [-0.2, 0) is 0 Å². The van der Waals surface area contributed by atoms with Crippen LogP contribution in [-0.4, -0.2) is 16.1 Å². The number of halogens is 2. The summed E-state index contributed by atoms with van der Waals surface area (Å²) in [6.07, 6.45) is 5.04. The minimum absolute atomic E-state index is 0.233. The van der Waals surface area contributed by atoms with Crippen molar-refractivity contribution in [2.75, 3.05) is 0 Å². The van der Waals surface area contributed by atoms with Crippen LogP contribution in [0.3, 0.4) is 0 Å². The van der Waals surface area contributed by atoms with Crippen molar-refractivity contribution < 1.29 is 4.74 Å². The van der Waals surface area contributed by atoms with Gasteiger partial charge in [-0.2, -0.15) is 0 Å². The molecule has 0 spiro atoms. The Morgan fingerprint density at radius 3 is 2.50 bits per heavy atom. The van der Waals surface area contributed by atoms with Gasteiger partial charge in [0.2, 0.25) is 5.88 Å². The summed E-state index contributed by atoms with van der Waals surface area (Å²) in [6, 6.07) is 5.42. The summed E-state index contributed by atoms with van der Waals surface area (Å²) in [5.41, 5.74) is 3.22. The van der Waals surface area contributed by atoms with E-state index in [-0.39, 0.29) is 6.10 Å². The Labute approximate surface area is 153 Å². The van der Waals surface area contributed by atoms with Gasteiger partial charge < -0.3 is 4.74 Å². The van der Waals surface area contributed by atoms with Crippen molar-refractivity contribution in [3.8, 4) is 17.1 Å². The van der Waals surface area contributed by atoms with Gasteiger partial charge in [-0.3, -0.25) is 0 Å². The molecule has 0 aliphatic heterocycles. The molecule has 5 heteroatoms. The molecule has 2 aromatic rings. The number of nitrogens with zero attached hydrogens (tertiary/aromatic N) is 2. The summed E-state index contributed by atoms with van der Waals surface area (Å²) in [7, 11) is 0. The SMILES string of the molecule is CCC(Oc1nc(C)c(-c2ccc(Cl)cc2Cl)nc1C)C1CCC1. The normalized spacial score (nSPS) is 15.9. The van der Waals surface area contributed by atoms with Gasteiger partial charge in [0.1, 0.15) is 11.8 Å². The molecule has 0 saturated heterocycles. The summed E-state index contributed by atoms with van der Waals surface area (Å²) in [6.45, 7) is 6.03. The third kappa shape index (κ3) is 3.52. The van der Waals surface area contributed by atoms with E-state index in [0.29, 0.717) is 21.8 Å². The van der Waals surface area contributed by atoms with Gasteiger partial charge in [0, 0.05) is 10.6 Å². The molecule has 1 fully saturated rings. The lowest BCUT2D eigenvalue weighted by atomic mass is 9.80. The van der Waals surface area contributed by atoms with E-state index in [4.69, 9.17) is 32.9 Å². The molecule has 0 amide bonds. The number of benzene rings is 1. The Balaban J connectivity index is 1.90. The summed E-state index contributed by atoms with van der Waals surface area (Å²) in [5, 5.41) is 1.19. The highest BCUT2D eigenvalue weighted by Gasteiger charge is 2.28. The maximum atomic E-state index is 6.32. The molecular formula is C19H22Cl2N2O. The first kappa shape index (κ1) is 17.5. The van der Waals surface area contributed by atoms with Gasteiger partial charge in [0.25, 0.3) is 0 Å². The molecule has 128 valence electrons. The van der Waals surface area contributed by atoms with Gasteiger partial charge in [-0.05, 0) is 57.2 Å². The fourth-order valence-corrected chi connectivity index (χ4v) is 3.60. The minimum Gasteiger partial charge on any atom is -0.473 e. The van der Waals surface area contributed by atoms with E-state index in [1.807, 2.05) is 26.0 Å². The highest BCUT2D eigenvalue weighted by Crippen LogP contribution is 2.35. The van der Waals surface area contributed by atoms with Crippen LogP contribution >= 0.6 is 23.2 Å². The summed E-state index contributed by atoms with van der Waals surface area (Å²) >= 11 is 12.3. The van der Waals surface area contributed by atoms with E-state index in [0.717, 1.165) is 29.1 Å². The Bertz CT molecular complexity index is 744. The third-order valence-corrected chi connectivity index (χ3v) is 5.28. The predicted octanol–water partition coefficient (Wildman–Crippen LogP) is 6.02. The van der Waals surface area contributed by atoms with Crippen molar-refractivity contribution in [3.63, 3.8) is 0 Å². The van der Waals surface area contributed by atoms with Crippen molar-refractivity contribution in [1.29, 1.82) is 0 Å². The van der Waals surface area contributed by atoms with Crippen LogP contribution in [0, 0.1) is 19.8 Å².